The second-order valence-corrected chi connectivity index (χ2v) is 5.55. The van der Waals surface area contributed by atoms with Crippen LogP contribution in [0.1, 0.15) is 26.6 Å². The molecule has 0 aliphatic rings. The second kappa shape index (κ2) is 5.90. The van der Waals surface area contributed by atoms with Crippen LogP contribution in [0.15, 0.2) is 5.16 Å². The first-order valence-corrected chi connectivity index (χ1v) is 6.29. The zero-order valence-corrected chi connectivity index (χ0v) is 11.3. The summed E-state index contributed by atoms with van der Waals surface area (Å²) in [6.45, 7) is 6.74. The van der Waals surface area contributed by atoms with Crippen molar-refractivity contribution in [2.24, 2.45) is 0 Å². The molecule has 1 rings (SSSR count). The average molecular weight is 258 g/mol. The van der Waals surface area contributed by atoms with E-state index in [0.29, 0.717) is 17.5 Å². The molecular weight excluding hydrogens is 240 g/mol. The smallest absolute Gasteiger partial charge is 0.406 e. The maximum atomic E-state index is 10.8. The van der Waals surface area contributed by atoms with Crippen LogP contribution in [0.5, 0.6) is 0 Å². The summed E-state index contributed by atoms with van der Waals surface area (Å²) in [5.41, 5.74) is -0.0317. The normalized spacial score (nSPS) is 11.3. The van der Waals surface area contributed by atoms with Crippen LogP contribution in [0.3, 0.4) is 0 Å². The summed E-state index contributed by atoms with van der Waals surface area (Å²) in [5, 5.41) is 10.3. The second-order valence-electron chi connectivity index (χ2n) is 4.48. The van der Waals surface area contributed by atoms with E-state index in [0.717, 1.165) is 5.82 Å². The number of amides is 1. The van der Waals surface area contributed by atoms with Crippen molar-refractivity contribution in [3.05, 3.63) is 5.82 Å². The van der Waals surface area contributed by atoms with Crippen molar-refractivity contribution >= 4 is 17.9 Å². The van der Waals surface area contributed by atoms with Gasteiger partial charge < -0.3 is 10.1 Å². The Bertz CT molecular complexity index is 373. The third-order valence-corrected chi connectivity index (χ3v) is 2.81. The van der Waals surface area contributed by atoms with Crippen molar-refractivity contribution < 1.29 is 9.53 Å². The number of carbonyl (C=O) groups excluding carboxylic acids is 1. The number of hydrogen-bond acceptors (Lipinski definition) is 5. The summed E-state index contributed by atoms with van der Waals surface area (Å²) in [6, 6.07) is 0. The highest BCUT2D eigenvalue weighted by Gasteiger charge is 2.18. The van der Waals surface area contributed by atoms with E-state index in [1.807, 2.05) is 0 Å². The molecule has 17 heavy (non-hydrogen) atoms. The predicted octanol–water partition coefficient (Wildman–Crippen LogP) is 1.55. The zero-order chi connectivity index (χ0) is 12.9. The third-order valence-electron chi connectivity index (χ3n) is 1.96. The fourth-order valence-electron chi connectivity index (χ4n) is 1.01. The van der Waals surface area contributed by atoms with Crippen molar-refractivity contribution in [3.63, 3.8) is 0 Å². The first-order chi connectivity index (χ1) is 7.93. The van der Waals surface area contributed by atoms with Crippen molar-refractivity contribution in [2.45, 2.75) is 31.3 Å². The van der Waals surface area contributed by atoms with Gasteiger partial charge in [-0.25, -0.2) is 9.78 Å². The largest absolute Gasteiger partial charge is 0.453 e. The highest BCUT2D eigenvalue weighted by molar-refractivity contribution is 7.99. The van der Waals surface area contributed by atoms with E-state index in [4.69, 9.17) is 0 Å². The fraction of sp³-hybridized carbons (Fsp3) is 0.700. The van der Waals surface area contributed by atoms with Gasteiger partial charge in [0.15, 0.2) is 0 Å². The van der Waals surface area contributed by atoms with Crippen molar-refractivity contribution in [1.29, 1.82) is 0 Å². The van der Waals surface area contributed by atoms with E-state index in [-0.39, 0.29) is 5.41 Å². The summed E-state index contributed by atoms with van der Waals surface area (Å²) in [6.07, 6.45) is -0.420. The predicted molar refractivity (Wildman–Crippen MR) is 66.2 cm³/mol. The molecule has 0 aromatic carbocycles. The summed E-state index contributed by atoms with van der Waals surface area (Å²) < 4.78 is 4.45. The van der Waals surface area contributed by atoms with Gasteiger partial charge in [-0.3, -0.25) is 5.10 Å². The van der Waals surface area contributed by atoms with Crippen molar-refractivity contribution in [1.82, 2.24) is 20.5 Å². The Morgan fingerprint density at radius 3 is 2.76 bits per heavy atom. The molecule has 0 fully saturated rings. The van der Waals surface area contributed by atoms with Crippen LogP contribution in [0.25, 0.3) is 0 Å². The maximum absolute atomic E-state index is 10.8. The van der Waals surface area contributed by atoms with Gasteiger partial charge >= 0.3 is 6.09 Å². The molecule has 2 N–H and O–H groups in total. The number of ether oxygens (including phenoxy) is 1. The number of methoxy groups -OCH3 is 1. The van der Waals surface area contributed by atoms with Gasteiger partial charge in [-0.05, 0) is 0 Å². The van der Waals surface area contributed by atoms with Crippen LogP contribution >= 0.6 is 11.8 Å². The Labute approximate surface area is 105 Å². The Hall–Kier alpha value is -1.24. The minimum absolute atomic E-state index is 0.0317. The fourth-order valence-corrected chi connectivity index (χ4v) is 1.67. The van der Waals surface area contributed by atoms with Gasteiger partial charge in [-0.1, -0.05) is 32.5 Å². The van der Waals surface area contributed by atoms with E-state index in [1.54, 1.807) is 0 Å². The topological polar surface area (TPSA) is 79.9 Å². The Balaban J connectivity index is 2.33. The quantitative estimate of drug-likeness (QED) is 0.632. The molecule has 6 nitrogen and oxygen atoms in total. The van der Waals surface area contributed by atoms with Gasteiger partial charge in [0.05, 0.1) is 7.11 Å². The number of nitrogens with one attached hydrogen (secondary N) is 2. The third kappa shape index (κ3) is 4.64. The van der Waals surface area contributed by atoms with Crippen LogP contribution in [-0.4, -0.2) is 40.7 Å². The van der Waals surface area contributed by atoms with E-state index < -0.39 is 6.09 Å². The molecule has 96 valence electrons. The molecule has 0 spiro atoms. The number of carbonyl (C=O) groups is 1. The lowest BCUT2D eigenvalue weighted by atomic mass is 9.96. The average Bonchev–Trinajstić information content (AvgIpc) is 2.72. The molecule has 0 saturated carbocycles. The first-order valence-electron chi connectivity index (χ1n) is 5.31. The van der Waals surface area contributed by atoms with Crippen LogP contribution in [0, 0.1) is 0 Å². The Morgan fingerprint density at radius 1 is 1.53 bits per heavy atom. The molecule has 0 atom stereocenters. The summed E-state index contributed by atoms with van der Waals surface area (Å²) in [4.78, 5) is 15.1. The lowest BCUT2D eigenvalue weighted by Gasteiger charge is -2.12. The van der Waals surface area contributed by atoms with Crippen molar-refractivity contribution in [3.8, 4) is 0 Å². The highest BCUT2D eigenvalue weighted by Crippen LogP contribution is 2.20. The monoisotopic (exact) mass is 258 g/mol. The molecule has 1 aromatic rings. The number of aromatic amines is 1. The summed E-state index contributed by atoms with van der Waals surface area (Å²) in [5.74, 6) is 1.57. The minimum Gasteiger partial charge on any atom is -0.453 e. The van der Waals surface area contributed by atoms with Gasteiger partial charge in [0.25, 0.3) is 0 Å². The number of hydrogen-bond donors (Lipinski definition) is 2. The molecule has 1 amide bonds. The van der Waals surface area contributed by atoms with Crippen LogP contribution < -0.4 is 5.32 Å². The Morgan fingerprint density at radius 2 is 2.24 bits per heavy atom. The van der Waals surface area contributed by atoms with Gasteiger partial charge in [0.2, 0.25) is 5.16 Å². The van der Waals surface area contributed by atoms with Gasteiger partial charge in [0, 0.05) is 17.7 Å². The number of aromatic nitrogens is 3. The number of thioether (sulfide) groups is 1. The van der Waals surface area contributed by atoms with E-state index in [1.165, 1.54) is 18.9 Å². The number of nitrogens with zero attached hydrogens (tertiary/aromatic N) is 2. The molecule has 0 aliphatic carbocycles. The zero-order valence-electron chi connectivity index (χ0n) is 10.5. The molecular formula is C10H18N4O2S. The van der Waals surface area contributed by atoms with Gasteiger partial charge in [-0.2, -0.15) is 0 Å². The summed E-state index contributed by atoms with van der Waals surface area (Å²) >= 11 is 1.49. The molecule has 1 aromatic heterocycles. The van der Waals surface area contributed by atoms with Crippen molar-refractivity contribution in [2.75, 3.05) is 19.4 Å². The lowest BCUT2D eigenvalue weighted by Crippen LogP contribution is -2.25. The SMILES string of the molecule is COC(=O)NCCSc1n[nH]c(C(C)(C)C)n1. The van der Waals surface area contributed by atoms with E-state index in [9.17, 15) is 4.79 Å². The minimum atomic E-state index is -0.420. The van der Waals surface area contributed by atoms with Crippen LogP contribution in [-0.2, 0) is 10.2 Å². The molecule has 1 heterocycles. The standard InChI is InChI=1S/C10H18N4O2S/c1-10(2,3)7-12-8(14-13-7)17-6-5-11-9(15)16-4/h5-6H2,1-4H3,(H,11,15)(H,12,13,14). The number of alkyl carbamates (subject to hydrolysis) is 1. The molecule has 0 radical (unpaired) electrons. The van der Waals surface area contributed by atoms with Crippen LogP contribution in [0.4, 0.5) is 4.79 Å². The van der Waals surface area contributed by atoms with Gasteiger partial charge in [-0.15, -0.1) is 5.10 Å². The first kappa shape index (κ1) is 13.8. The van der Waals surface area contributed by atoms with E-state index >= 15 is 0 Å². The molecule has 7 heteroatoms. The van der Waals surface area contributed by atoms with Crippen LogP contribution in [0.2, 0.25) is 0 Å². The molecule has 0 unspecified atom stereocenters. The number of rotatable bonds is 4. The number of H-pyrrole nitrogens is 1. The van der Waals surface area contributed by atoms with Gasteiger partial charge in [0.1, 0.15) is 5.82 Å². The lowest BCUT2D eigenvalue weighted by molar-refractivity contribution is 0.172. The molecule has 0 saturated heterocycles. The highest BCUT2D eigenvalue weighted by atomic mass is 32.2. The molecule has 0 bridgehead atoms. The summed E-state index contributed by atoms with van der Waals surface area (Å²) in [7, 11) is 1.34. The maximum Gasteiger partial charge on any atom is 0.406 e. The van der Waals surface area contributed by atoms with E-state index in [2.05, 4.69) is 46.0 Å². The Kier molecular flexibility index (Phi) is 4.80. The molecule has 0 aliphatic heterocycles.